The molecule has 0 amide bonds. The van der Waals surface area contributed by atoms with Gasteiger partial charge in [0.2, 0.25) is 0 Å². The predicted molar refractivity (Wildman–Crippen MR) is 83.6 cm³/mol. The molecule has 0 saturated heterocycles. The third-order valence-corrected chi connectivity index (χ3v) is 4.88. The molecule has 110 valence electrons. The predicted octanol–water partition coefficient (Wildman–Crippen LogP) is 4.51. The van der Waals surface area contributed by atoms with Crippen LogP contribution in [-0.4, -0.2) is 13.2 Å². The van der Waals surface area contributed by atoms with Gasteiger partial charge in [-0.3, -0.25) is 0 Å². The van der Waals surface area contributed by atoms with Crippen LogP contribution in [0.15, 0.2) is 12.1 Å². The Balaban J connectivity index is 1.94. The van der Waals surface area contributed by atoms with Crippen molar-refractivity contribution in [3.05, 3.63) is 28.3 Å². The molecule has 1 unspecified atom stereocenters. The minimum absolute atomic E-state index is 0.394. The molecule has 20 heavy (non-hydrogen) atoms. The summed E-state index contributed by atoms with van der Waals surface area (Å²) < 4.78 is 5.90. The first-order chi connectivity index (χ1) is 9.79. The maximum Gasteiger partial charge on any atom is 0.127 e. The van der Waals surface area contributed by atoms with E-state index in [1.54, 1.807) is 0 Å². The topological polar surface area (TPSA) is 21.3 Å². The zero-order chi connectivity index (χ0) is 13.9. The average Bonchev–Trinajstić information content (AvgIpc) is 2.93. The monoisotopic (exact) mass is 293 g/mol. The van der Waals surface area contributed by atoms with Crippen LogP contribution in [-0.2, 0) is 6.42 Å². The highest BCUT2D eigenvalue weighted by molar-refractivity contribution is 6.30. The zero-order valence-electron chi connectivity index (χ0n) is 12.3. The normalized spacial score (nSPS) is 20.5. The molecule has 0 radical (unpaired) electrons. The summed E-state index contributed by atoms with van der Waals surface area (Å²) in [4.78, 5) is 0. The van der Waals surface area contributed by atoms with Crippen LogP contribution in [0.1, 0.15) is 56.2 Å². The molecule has 1 atom stereocenters. The minimum atomic E-state index is 0.394. The van der Waals surface area contributed by atoms with E-state index in [0.717, 1.165) is 36.3 Å². The van der Waals surface area contributed by atoms with Gasteiger partial charge in [-0.15, -0.1) is 0 Å². The summed E-state index contributed by atoms with van der Waals surface area (Å²) in [6.07, 6.45) is 7.73. The Morgan fingerprint density at radius 1 is 1.30 bits per heavy atom. The number of ether oxygens (including phenoxy) is 1. The number of benzene rings is 1. The third kappa shape index (κ3) is 2.82. The highest BCUT2D eigenvalue weighted by Gasteiger charge is 2.29. The van der Waals surface area contributed by atoms with E-state index in [1.807, 2.05) is 0 Å². The molecule has 1 aromatic rings. The van der Waals surface area contributed by atoms with Crippen molar-refractivity contribution in [1.29, 1.82) is 0 Å². The van der Waals surface area contributed by atoms with Gasteiger partial charge in [-0.25, -0.2) is 0 Å². The van der Waals surface area contributed by atoms with Gasteiger partial charge in [0.15, 0.2) is 0 Å². The lowest BCUT2D eigenvalue weighted by Gasteiger charge is -2.32. The lowest BCUT2D eigenvalue weighted by molar-refractivity contribution is 0.266. The second-order valence-electron chi connectivity index (χ2n) is 6.02. The maximum atomic E-state index is 6.33. The van der Waals surface area contributed by atoms with Crippen LogP contribution in [0.4, 0.5) is 0 Å². The number of nitrogens with one attached hydrogen (secondary N) is 1. The molecule has 1 fully saturated rings. The first-order valence-corrected chi connectivity index (χ1v) is 8.36. The summed E-state index contributed by atoms with van der Waals surface area (Å²) in [5.74, 6) is 1.82. The molecule has 3 heteroatoms. The molecule has 1 saturated carbocycles. The van der Waals surface area contributed by atoms with Crippen molar-refractivity contribution in [3.63, 3.8) is 0 Å². The van der Waals surface area contributed by atoms with E-state index in [-0.39, 0.29) is 0 Å². The van der Waals surface area contributed by atoms with Crippen LogP contribution in [0, 0.1) is 5.92 Å². The van der Waals surface area contributed by atoms with E-state index in [0.29, 0.717) is 6.04 Å². The fraction of sp³-hybridized carbons (Fsp3) is 0.647. The van der Waals surface area contributed by atoms with Gasteiger partial charge in [0.05, 0.1) is 6.61 Å². The Kier molecular flexibility index (Phi) is 4.52. The lowest BCUT2D eigenvalue weighted by Crippen LogP contribution is -2.30. The summed E-state index contributed by atoms with van der Waals surface area (Å²) in [6, 6.07) is 4.58. The molecule has 1 aliphatic heterocycles. The van der Waals surface area contributed by atoms with Crippen LogP contribution in [0.3, 0.4) is 0 Å². The Labute approximate surface area is 126 Å². The number of hydrogen-bond acceptors (Lipinski definition) is 2. The van der Waals surface area contributed by atoms with Gasteiger partial charge in [-0.2, -0.15) is 0 Å². The molecule has 3 rings (SSSR count). The van der Waals surface area contributed by atoms with Gasteiger partial charge in [-0.05, 0) is 43.0 Å². The van der Waals surface area contributed by atoms with Gasteiger partial charge < -0.3 is 10.1 Å². The van der Waals surface area contributed by atoms with Gasteiger partial charge >= 0.3 is 0 Å². The molecule has 0 bridgehead atoms. The van der Waals surface area contributed by atoms with E-state index in [1.165, 1.54) is 43.2 Å². The van der Waals surface area contributed by atoms with Crippen molar-refractivity contribution in [2.24, 2.45) is 5.92 Å². The fourth-order valence-corrected chi connectivity index (χ4v) is 4.00. The van der Waals surface area contributed by atoms with E-state index >= 15 is 0 Å². The molecule has 2 aliphatic rings. The molecule has 2 nitrogen and oxygen atoms in total. The number of halogens is 1. The summed E-state index contributed by atoms with van der Waals surface area (Å²) in [5.41, 5.74) is 2.57. The highest BCUT2D eigenvalue weighted by atomic mass is 35.5. The Hall–Kier alpha value is -0.730. The smallest absolute Gasteiger partial charge is 0.127 e. The molecule has 0 aromatic heterocycles. The van der Waals surface area contributed by atoms with Crippen LogP contribution < -0.4 is 10.1 Å². The lowest BCUT2D eigenvalue weighted by atomic mass is 9.80. The number of hydrogen-bond donors (Lipinski definition) is 1. The third-order valence-electron chi connectivity index (χ3n) is 4.66. The van der Waals surface area contributed by atoms with Crippen molar-refractivity contribution in [2.45, 2.75) is 51.5 Å². The second-order valence-corrected chi connectivity index (χ2v) is 6.45. The largest absolute Gasteiger partial charge is 0.493 e. The van der Waals surface area contributed by atoms with Crippen LogP contribution in [0.25, 0.3) is 0 Å². The molecular formula is C17H24ClNO. The average molecular weight is 294 g/mol. The van der Waals surface area contributed by atoms with E-state index in [2.05, 4.69) is 24.4 Å². The number of rotatable bonds is 4. The minimum Gasteiger partial charge on any atom is -0.493 e. The van der Waals surface area contributed by atoms with Crippen molar-refractivity contribution < 1.29 is 4.74 Å². The van der Waals surface area contributed by atoms with Gasteiger partial charge in [0, 0.05) is 23.0 Å². The fourth-order valence-electron chi connectivity index (χ4n) is 3.75. The first kappa shape index (κ1) is 14.2. The number of fused-ring (bicyclic) bond motifs is 1. The molecule has 1 heterocycles. The molecule has 1 aliphatic carbocycles. The van der Waals surface area contributed by atoms with Gasteiger partial charge in [-0.1, -0.05) is 37.8 Å². The van der Waals surface area contributed by atoms with E-state index < -0.39 is 0 Å². The Morgan fingerprint density at radius 2 is 2.10 bits per heavy atom. The molecule has 0 spiro atoms. The van der Waals surface area contributed by atoms with Crippen molar-refractivity contribution in [1.82, 2.24) is 5.32 Å². The van der Waals surface area contributed by atoms with E-state index in [4.69, 9.17) is 16.3 Å². The summed E-state index contributed by atoms with van der Waals surface area (Å²) in [7, 11) is 0. The first-order valence-electron chi connectivity index (χ1n) is 7.98. The van der Waals surface area contributed by atoms with Gasteiger partial charge in [0.1, 0.15) is 5.75 Å². The maximum absolute atomic E-state index is 6.33. The summed E-state index contributed by atoms with van der Waals surface area (Å²) in [5, 5.41) is 4.54. The molecule has 1 aromatic carbocycles. The second kappa shape index (κ2) is 6.36. The summed E-state index contributed by atoms with van der Waals surface area (Å²) in [6.45, 7) is 3.97. The van der Waals surface area contributed by atoms with Crippen molar-refractivity contribution in [3.8, 4) is 5.75 Å². The zero-order valence-corrected chi connectivity index (χ0v) is 13.0. The summed E-state index contributed by atoms with van der Waals surface area (Å²) >= 11 is 6.33. The highest BCUT2D eigenvalue weighted by Crippen LogP contribution is 2.42. The van der Waals surface area contributed by atoms with Crippen molar-refractivity contribution in [2.75, 3.05) is 13.2 Å². The quantitative estimate of drug-likeness (QED) is 0.882. The van der Waals surface area contributed by atoms with E-state index in [9.17, 15) is 0 Å². The van der Waals surface area contributed by atoms with Gasteiger partial charge in [0.25, 0.3) is 0 Å². The molecule has 1 N–H and O–H groups in total. The van der Waals surface area contributed by atoms with Crippen LogP contribution in [0.5, 0.6) is 5.75 Å². The van der Waals surface area contributed by atoms with Crippen LogP contribution >= 0.6 is 11.6 Å². The van der Waals surface area contributed by atoms with Crippen LogP contribution in [0.2, 0.25) is 5.02 Å². The standard InChI is InChI=1S/C17H24ClNO/c1-2-19-16(12-6-4-3-5-7-12)15-11-14(18)10-13-8-9-20-17(13)15/h10-12,16,19H,2-9H2,1H3. The molecular weight excluding hydrogens is 270 g/mol. The Morgan fingerprint density at radius 3 is 2.85 bits per heavy atom. The Bertz CT molecular complexity index is 468. The SMILES string of the molecule is CCNC(c1cc(Cl)cc2c1OCC2)C1CCCCC1. The van der Waals surface area contributed by atoms with Crippen molar-refractivity contribution >= 4 is 11.6 Å².